The van der Waals surface area contributed by atoms with E-state index in [1.807, 2.05) is 6.20 Å². The molecule has 0 saturated heterocycles. The van der Waals surface area contributed by atoms with Crippen molar-refractivity contribution in [2.24, 2.45) is 0 Å². The Bertz CT molecular complexity index is 576. The number of nitrogens with one attached hydrogen (secondary N) is 1. The molecular formula is C13H17N5S. The third kappa shape index (κ3) is 3.01. The summed E-state index contributed by atoms with van der Waals surface area (Å²) in [7, 11) is 0. The van der Waals surface area contributed by atoms with Crippen molar-refractivity contribution < 1.29 is 0 Å². The fraction of sp³-hybridized carbons (Fsp3) is 0.462. The van der Waals surface area contributed by atoms with Gasteiger partial charge in [0.15, 0.2) is 0 Å². The topological polar surface area (TPSA) is 76.7 Å². The molecule has 1 aliphatic rings. The molecule has 0 spiro atoms. The largest absolute Gasteiger partial charge is 0.384 e. The molecule has 0 radical (unpaired) electrons. The fourth-order valence-corrected chi connectivity index (χ4v) is 2.66. The monoisotopic (exact) mass is 275 g/mol. The van der Waals surface area contributed by atoms with Crippen molar-refractivity contribution in [3.8, 4) is 0 Å². The highest BCUT2D eigenvalue weighted by molar-refractivity contribution is 7.11. The highest BCUT2D eigenvalue weighted by Crippen LogP contribution is 2.38. The van der Waals surface area contributed by atoms with Crippen LogP contribution in [0.2, 0.25) is 0 Å². The smallest absolute Gasteiger partial charge is 0.136 e. The summed E-state index contributed by atoms with van der Waals surface area (Å²) in [5, 5.41) is 4.35. The van der Waals surface area contributed by atoms with Crippen molar-refractivity contribution in [2.45, 2.75) is 38.6 Å². The number of thiazole rings is 1. The summed E-state index contributed by atoms with van der Waals surface area (Å²) in [5.74, 6) is 2.71. The zero-order valence-electron chi connectivity index (χ0n) is 10.9. The van der Waals surface area contributed by atoms with Gasteiger partial charge in [-0.25, -0.2) is 15.0 Å². The summed E-state index contributed by atoms with van der Waals surface area (Å²) in [6, 6.07) is 1.78. The molecule has 1 saturated carbocycles. The van der Waals surface area contributed by atoms with Gasteiger partial charge in [-0.05, 0) is 19.3 Å². The van der Waals surface area contributed by atoms with Crippen LogP contribution in [0.5, 0.6) is 0 Å². The Hall–Kier alpha value is -1.69. The maximum Gasteiger partial charge on any atom is 0.136 e. The fourth-order valence-electron chi connectivity index (χ4n) is 1.86. The first kappa shape index (κ1) is 12.3. The van der Waals surface area contributed by atoms with Gasteiger partial charge in [0, 0.05) is 23.1 Å². The Balaban J connectivity index is 1.68. The second-order valence-electron chi connectivity index (χ2n) is 4.74. The summed E-state index contributed by atoms with van der Waals surface area (Å²) in [5.41, 5.74) is 5.82. The lowest BCUT2D eigenvalue weighted by Gasteiger charge is -2.06. The molecule has 2 heterocycles. The van der Waals surface area contributed by atoms with Gasteiger partial charge in [-0.2, -0.15) is 0 Å². The first-order valence-electron chi connectivity index (χ1n) is 6.56. The standard InChI is InChI=1S/C13H17N5S/c1-2-9-6-16-12(19-9)7-15-11-5-10(14)17-13(18-11)8-3-4-8/h5-6,8H,2-4,7H2,1H3,(H3,14,15,17,18). The van der Waals surface area contributed by atoms with E-state index >= 15 is 0 Å². The van der Waals surface area contributed by atoms with Crippen LogP contribution >= 0.6 is 11.3 Å². The van der Waals surface area contributed by atoms with E-state index in [2.05, 4.69) is 27.2 Å². The van der Waals surface area contributed by atoms with Gasteiger partial charge in [-0.3, -0.25) is 0 Å². The normalized spacial score (nSPS) is 14.6. The number of nitrogens with two attached hydrogens (primary N) is 1. The Morgan fingerprint density at radius 2 is 2.26 bits per heavy atom. The Kier molecular flexibility index (Phi) is 3.33. The van der Waals surface area contributed by atoms with Gasteiger partial charge in [-0.1, -0.05) is 6.92 Å². The third-order valence-electron chi connectivity index (χ3n) is 3.08. The lowest BCUT2D eigenvalue weighted by atomic mass is 10.4. The maximum atomic E-state index is 5.82. The molecule has 0 atom stereocenters. The first-order chi connectivity index (χ1) is 9.24. The zero-order valence-corrected chi connectivity index (χ0v) is 11.7. The molecule has 100 valence electrons. The van der Waals surface area contributed by atoms with E-state index < -0.39 is 0 Å². The summed E-state index contributed by atoms with van der Waals surface area (Å²) in [6.45, 7) is 2.82. The second-order valence-corrected chi connectivity index (χ2v) is 5.94. The number of hydrogen-bond donors (Lipinski definition) is 2. The van der Waals surface area contributed by atoms with Crippen molar-refractivity contribution in [2.75, 3.05) is 11.1 Å². The number of aromatic nitrogens is 3. The molecule has 0 aliphatic heterocycles. The van der Waals surface area contributed by atoms with E-state index in [9.17, 15) is 0 Å². The molecule has 2 aromatic heterocycles. The number of rotatable bonds is 5. The average Bonchev–Trinajstić information content (AvgIpc) is 3.15. The molecule has 0 bridgehead atoms. The Labute approximate surface area is 116 Å². The van der Waals surface area contributed by atoms with Crippen molar-refractivity contribution >= 4 is 23.0 Å². The van der Waals surface area contributed by atoms with Gasteiger partial charge >= 0.3 is 0 Å². The van der Waals surface area contributed by atoms with Gasteiger partial charge < -0.3 is 11.1 Å². The average molecular weight is 275 g/mol. The molecule has 0 aromatic carbocycles. The van der Waals surface area contributed by atoms with Gasteiger partial charge in [-0.15, -0.1) is 11.3 Å². The summed E-state index contributed by atoms with van der Waals surface area (Å²) < 4.78 is 0. The quantitative estimate of drug-likeness (QED) is 0.877. The Morgan fingerprint density at radius 1 is 1.42 bits per heavy atom. The number of nitrogen functional groups attached to an aromatic ring is 1. The lowest BCUT2D eigenvalue weighted by molar-refractivity contribution is 0.925. The molecule has 0 amide bonds. The van der Waals surface area contributed by atoms with Gasteiger partial charge in [0.05, 0.1) is 6.54 Å². The summed E-state index contributed by atoms with van der Waals surface area (Å²) >= 11 is 1.73. The Morgan fingerprint density at radius 3 is 2.95 bits per heavy atom. The zero-order chi connectivity index (χ0) is 13.2. The van der Waals surface area contributed by atoms with Crippen LogP contribution < -0.4 is 11.1 Å². The number of anilines is 2. The van der Waals surface area contributed by atoms with Crippen LogP contribution in [0.3, 0.4) is 0 Å². The molecule has 3 rings (SSSR count). The third-order valence-corrected chi connectivity index (χ3v) is 4.22. The highest BCUT2D eigenvalue weighted by atomic mass is 32.1. The molecule has 5 nitrogen and oxygen atoms in total. The number of nitrogens with zero attached hydrogens (tertiary/aromatic N) is 3. The maximum absolute atomic E-state index is 5.82. The van der Waals surface area contributed by atoms with E-state index in [-0.39, 0.29) is 0 Å². The second kappa shape index (κ2) is 5.13. The molecule has 1 aliphatic carbocycles. The predicted octanol–water partition coefficient (Wildman–Crippen LogP) is 2.57. The minimum atomic E-state index is 0.510. The van der Waals surface area contributed by atoms with E-state index in [1.54, 1.807) is 17.4 Å². The van der Waals surface area contributed by atoms with Gasteiger partial charge in [0.1, 0.15) is 22.5 Å². The predicted molar refractivity (Wildman–Crippen MR) is 77.2 cm³/mol. The van der Waals surface area contributed by atoms with Crippen LogP contribution in [0.15, 0.2) is 12.3 Å². The van der Waals surface area contributed by atoms with Crippen LogP contribution in [-0.4, -0.2) is 15.0 Å². The minimum absolute atomic E-state index is 0.510. The summed E-state index contributed by atoms with van der Waals surface area (Å²) in [4.78, 5) is 14.5. The molecule has 3 N–H and O–H groups in total. The minimum Gasteiger partial charge on any atom is -0.384 e. The number of hydrogen-bond acceptors (Lipinski definition) is 6. The van der Waals surface area contributed by atoms with Crippen LogP contribution in [0, 0.1) is 0 Å². The van der Waals surface area contributed by atoms with Gasteiger partial charge in [0.25, 0.3) is 0 Å². The van der Waals surface area contributed by atoms with Crippen LogP contribution in [0.25, 0.3) is 0 Å². The molecule has 0 unspecified atom stereocenters. The van der Waals surface area contributed by atoms with E-state index in [4.69, 9.17) is 5.73 Å². The molecule has 19 heavy (non-hydrogen) atoms. The van der Waals surface area contributed by atoms with E-state index in [0.29, 0.717) is 18.3 Å². The van der Waals surface area contributed by atoms with Crippen molar-refractivity contribution in [3.63, 3.8) is 0 Å². The number of aryl methyl sites for hydroxylation is 1. The molecule has 6 heteroatoms. The SMILES string of the molecule is CCc1cnc(CNc2cc(N)nc(C3CC3)n2)s1. The molecule has 2 aromatic rings. The van der Waals surface area contributed by atoms with Crippen molar-refractivity contribution in [1.29, 1.82) is 0 Å². The van der Waals surface area contributed by atoms with Crippen LogP contribution in [-0.2, 0) is 13.0 Å². The van der Waals surface area contributed by atoms with Crippen molar-refractivity contribution in [3.05, 3.63) is 28.0 Å². The van der Waals surface area contributed by atoms with Crippen LogP contribution in [0.4, 0.5) is 11.6 Å². The molecular weight excluding hydrogens is 258 g/mol. The summed E-state index contributed by atoms with van der Waals surface area (Å²) in [6.07, 6.45) is 5.32. The van der Waals surface area contributed by atoms with Gasteiger partial charge in [0.2, 0.25) is 0 Å². The lowest BCUT2D eigenvalue weighted by Crippen LogP contribution is -2.05. The van der Waals surface area contributed by atoms with E-state index in [0.717, 1.165) is 23.1 Å². The van der Waals surface area contributed by atoms with E-state index in [1.165, 1.54) is 17.7 Å². The first-order valence-corrected chi connectivity index (χ1v) is 7.38. The van der Waals surface area contributed by atoms with Crippen molar-refractivity contribution in [1.82, 2.24) is 15.0 Å². The molecule has 1 fully saturated rings. The highest BCUT2D eigenvalue weighted by Gasteiger charge is 2.27. The van der Waals surface area contributed by atoms with Crippen LogP contribution in [0.1, 0.15) is 41.4 Å².